The smallest absolute Gasteiger partial charge is 0.202 e. The van der Waals surface area contributed by atoms with Crippen LogP contribution in [0.15, 0.2) is 18.3 Å². The largest absolute Gasteiger partial charge is 0.369 e. The monoisotopic (exact) mass is 233 g/mol. The topological polar surface area (TPSA) is 60.0 Å². The molecular weight excluding hydrogens is 214 g/mol. The number of pyridine rings is 1. The van der Waals surface area contributed by atoms with Gasteiger partial charge < -0.3 is 10.6 Å². The molecule has 0 atom stereocenters. The fraction of sp³-hybridized carbons (Fsp3) is 0.500. The van der Waals surface area contributed by atoms with Gasteiger partial charge in [0.2, 0.25) is 5.95 Å². The Morgan fingerprint density at radius 1 is 1.47 bits per heavy atom. The molecule has 0 unspecified atom stereocenters. The predicted molar refractivity (Wildman–Crippen MR) is 69.7 cm³/mol. The van der Waals surface area contributed by atoms with Gasteiger partial charge in [0.15, 0.2) is 5.65 Å². The molecule has 0 aromatic carbocycles. The van der Waals surface area contributed by atoms with Crippen LogP contribution in [0.5, 0.6) is 0 Å². The lowest BCUT2D eigenvalue weighted by atomic mass is 10.3. The lowest BCUT2D eigenvalue weighted by Gasteiger charge is -2.21. The summed E-state index contributed by atoms with van der Waals surface area (Å²) in [6.45, 7) is 6.10. The number of nitrogens with zero attached hydrogens (tertiary/aromatic N) is 4. The number of nitrogen functional groups attached to an aromatic ring is 1. The Bertz CT molecular complexity index is 503. The first kappa shape index (κ1) is 11.9. The minimum absolute atomic E-state index is 0.527. The van der Waals surface area contributed by atoms with Crippen LogP contribution in [0.3, 0.4) is 0 Å². The van der Waals surface area contributed by atoms with E-state index in [0.29, 0.717) is 12.0 Å². The minimum Gasteiger partial charge on any atom is -0.369 e. The van der Waals surface area contributed by atoms with E-state index in [4.69, 9.17) is 5.73 Å². The summed E-state index contributed by atoms with van der Waals surface area (Å²) in [5.41, 5.74) is 7.63. The molecule has 2 aromatic rings. The summed E-state index contributed by atoms with van der Waals surface area (Å²) in [5.74, 6) is 0.538. The first-order valence-corrected chi connectivity index (χ1v) is 5.86. The quantitative estimate of drug-likeness (QED) is 0.866. The standard InChI is InChI=1S/C12H19N5/c1-9(2)16(3)7-8-17-11-10(15-12(17)13)5-4-6-14-11/h4-6,9H,7-8H2,1-3H3,(H2,13,15). The fourth-order valence-electron chi connectivity index (χ4n) is 1.71. The number of nitrogens with two attached hydrogens (primary N) is 1. The molecule has 0 saturated heterocycles. The fourth-order valence-corrected chi connectivity index (χ4v) is 1.71. The van der Waals surface area contributed by atoms with E-state index in [2.05, 4.69) is 35.8 Å². The molecule has 0 amide bonds. The van der Waals surface area contributed by atoms with Gasteiger partial charge in [0.1, 0.15) is 5.52 Å². The van der Waals surface area contributed by atoms with Crippen molar-refractivity contribution in [1.82, 2.24) is 19.4 Å². The van der Waals surface area contributed by atoms with Crippen molar-refractivity contribution in [2.75, 3.05) is 19.3 Å². The van der Waals surface area contributed by atoms with Crippen molar-refractivity contribution in [3.63, 3.8) is 0 Å². The van der Waals surface area contributed by atoms with E-state index in [1.807, 2.05) is 16.7 Å². The van der Waals surface area contributed by atoms with Gasteiger partial charge in [0.25, 0.3) is 0 Å². The van der Waals surface area contributed by atoms with E-state index >= 15 is 0 Å². The van der Waals surface area contributed by atoms with Gasteiger partial charge in [-0.25, -0.2) is 9.97 Å². The van der Waals surface area contributed by atoms with Crippen molar-refractivity contribution >= 4 is 17.1 Å². The maximum absolute atomic E-state index is 5.91. The van der Waals surface area contributed by atoms with E-state index in [0.717, 1.165) is 24.3 Å². The van der Waals surface area contributed by atoms with Crippen LogP contribution in [0.2, 0.25) is 0 Å². The van der Waals surface area contributed by atoms with Crippen molar-refractivity contribution in [3.05, 3.63) is 18.3 Å². The molecule has 2 aromatic heterocycles. The lowest BCUT2D eigenvalue weighted by Crippen LogP contribution is -2.30. The molecule has 2 rings (SSSR count). The summed E-state index contributed by atoms with van der Waals surface area (Å²) in [6.07, 6.45) is 1.77. The van der Waals surface area contributed by atoms with Crippen molar-refractivity contribution in [3.8, 4) is 0 Å². The van der Waals surface area contributed by atoms with Gasteiger partial charge in [0, 0.05) is 25.3 Å². The molecule has 0 aliphatic carbocycles. The van der Waals surface area contributed by atoms with Gasteiger partial charge in [0.05, 0.1) is 0 Å². The Morgan fingerprint density at radius 3 is 2.94 bits per heavy atom. The third-order valence-electron chi connectivity index (χ3n) is 3.09. The summed E-state index contributed by atoms with van der Waals surface area (Å²) in [6, 6.07) is 4.33. The molecule has 92 valence electrons. The zero-order valence-corrected chi connectivity index (χ0v) is 10.6. The zero-order valence-electron chi connectivity index (χ0n) is 10.6. The van der Waals surface area contributed by atoms with Crippen molar-refractivity contribution in [2.24, 2.45) is 0 Å². The Hall–Kier alpha value is -1.62. The highest BCUT2D eigenvalue weighted by Gasteiger charge is 2.10. The SMILES string of the molecule is CC(C)N(C)CCn1c(N)nc2cccnc21. The molecule has 17 heavy (non-hydrogen) atoms. The van der Waals surface area contributed by atoms with E-state index in [1.165, 1.54) is 0 Å². The third-order valence-corrected chi connectivity index (χ3v) is 3.09. The van der Waals surface area contributed by atoms with E-state index < -0.39 is 0 Å². The minimum atomic E-state index is 0.527. The molecule has 0 spiro atoms. The van der Waals surface area contributed by atoms with Crippen molar-refractivity contribution in [1.29, 1.82) is 0 Å². The van der Waals surface area contributed by atoms with Crippen LogP contribution in [-0.4, -0.2) is 39.1 Å². The highest BCUT2D eigenvalue weighted by molar-refractivity contribution is 5.73. The van der Waals surface area contributed by atoms with Gasteiger partial charge in [-0.05, 0) is 33.0 Å². The number of aromatic nitrogens is 3. The van der Waals surface area contributed by atoms with Crippen LogP contribution < -0.4 is 5.73 Å². The number of rotatable bonds is 4. The second-order valence-electron chi connectivity index (χ2n) is 4.54. The van der Waals surface area contributed by atoms with E-state index in [9.17, 15) is 0 Å². The van der Waals surface area contributed by atoms with Crippen LogP contribution in [0.4, 0.5) is 5.95 Å². The normalized spacial score (nSPS) is 11.8. The summed E-state index contributed by atoms with van der Waals surface area (Å²) in [4.78, 5) is 10.9. The number of imidazole rings is 1. The molecule has 2 heterocycles. The number of hydrogen-bond donors (Lipinski definition) is 1. The Morgan fingerprint density at radius 2 is 2.24 bits per heavy atom. The Balaban J connectivity index is 2.21. The number of anilines is 1. The van der Waals surface area contributed by atoms with Crippen LogP contribution in [-0.2, 0) is 6.54 Å². The highest BCUT2D eigenvalue weighted by Crippen LogP contribution is 2.14. The second kappa shape index (κ2) is 4.71. The second-order valence-corrected chi connectivity index (χ2v) is 4.54. The third kappa shape index (κ3) is 2.39. The lowest BCUT2D eigenvalue weighted by molar-refractivity contribution is 0.264. The van der Waals surface area contributed by atoms with Crippen molar-refractivity contribution in [2.45, 2.75) is 26.4 Å². The average Bonchev–Trinajstić information content (AvgIpc) is 2.61. The maximum Gasteiger partial charge on any atom is 0.202 e. The average molecular weight is 233 g/mol. The molecule has 0 fully saturated rings. The summed E-state index contributed by atoms with van der Waals surface area (Å²) < 4.78 is 1.97. The molecule has 5 heteroatoms. The maximum atomic E-state index is 5.91. The summed E-state index contributed by atoms with van der Waals surface area (Å²) >= 11 is 0. The molecule has 0 aliphatic rings. The van der Waals surface area contributed by atoms with Crippen LogP contribution in [0.1, 0.15) is 13.8 Å². The Labute approximate surface area is 101 Å². The predicted octanol–water partition coefficient (Wildman–Crippen LogP) is 1.35. The highest BCUT2D eigenvalue weighted by atomic mass is 15.2. The molecule has 2 N–H and O–H groups in total. The van der Waals surface area contributed by atoms with Crippen molar-refractivity contribution < 1.29 is 0 Å². The van der Waals surface area contributed by atoms with Gasteiger partial charge >= 0.3 is 0 Å². The number of likely N-dealkylation sites (N-methyl/N-ethyl adjacent to an activating group) is 1. The van der Waals surface area contributed by atoms with Gasteiger partial charge in [-0.2, -0.15) is 0 Å². The summed E-state index contributed by atoms with van der Waals surface area (Å²) in [5, 5.41) is 0. The van der Waals surface area contributed by atoms with E-state index in [-0.39, 0.29) is 0 Å². The molecule has 0 radical (unpaired) electrons. The number of hydrogen-bond acceptors (Lipinski definition) is 4. The van der Waals surface area contributed by atoms with Crippen LogP contribution in [0.25, 0.3) is 11.2 Å². The first-order valence-electron chi connectivity index (χ1n) is 5.86. The molecule has 0 saturated carbocycles. The molecule has 0 bridgehead atoms. The van der Waals surface area contributed by atoms with Crippen LogP contribution in [0, 0.1) is 0 Å². The van der Waals surface area contributed by atoms with Crippen LogP contribution >= 0.6 is 0 Å². The summed E-state index contributed by atoms with van der Waals surface area (Å²) in [7, 11) is 2.10. The van der Waals surface area contributed by atoms with Gasteiger partial charge in [-0.1, -0.05) is 0 Å². The molecular formula is C12H19N5. The van der Waals surface area contributed by atoms with Gasteiger partial charge in [-0.15, -0.1) is 0 Å². The molecule has 0 aliphatic heterocycles. The zero-order chi connectivity index (χ0) is 12.4. The first-order chi connectivity index (χ1) is 8.09. The Kier molecular flexibility index (Phi) is 3.28. The van der Waals surface area contributed by atoms with Gasteiger partial charge in [-0.3, -0.25) is 4.57 Å². The number of fused-ring (bicyclic) bond motifs is 1. The molecule has 5 nitrogen and oxygen atoms in total. The van der Waals surface area contributed by atoms with E-state index in [1.54, 1.807) is 6.20 Å².